The van der Waals surface area contributed by atoms with Crippen molar-refractivity contribution in [3.8, 4) is 0 Å². The van der Waals surface area contributed by atoms with Crippen molar-refractivity contribution < 1.29 is 19.5 Å². The van der Waals surface area contributed by atoms with E-state index >= 15 is 0 Å². The van der Waals surface area contributed by atoms with Crippen molar-refractivity contribution in [2.24, 2.45) is 0 Å². The van der Waals surface area contributed by atoms with Crippen LogP contribution in [0, 0.1) is 0 Å². The summed E-state index contributed by atoms with van der Waals surface area (Å²) in [5.74, 6) is -1.13. The van der Waals surface area contributed by atoms with Crippen LogP contribution in [-0.2, 0) is 4.79 Å². The molecule has 2 saturated heterocycles. The predicted molar refractivity (Wildman–Crippen MR) is 167 cm³/mol. The average molecular weight is 571 g/mol. The summed E-state index contributed by atoms with van der Waals surface area (Å²) in [7, 11) is 0. The lowest BCUT2D eigenvalue weighted by atomic mass is 10.0. The van der Waals surface area contributed by atoms with Gasteiger partial charge >= 0.3 is 18.0 Å². The Bertz CT molecular complexity index is 1640. The van der Waals surface area contributed by atoms with Crippen molar-refractivity contribution in [1.82, 2.24) is 9.80 Å². The van der Waals surface area contributed by atoms with E-state index in [1.54, 1.807) is 14.7 Å². The first-order chi connectivity index (χ1) is 21.0. The molecule has 4 aromatic carbocycles. The molecule has 0 spiro atoms. The molecular formula is C35H30N4O4. The molecule has 3 heterocycles. The van der Waals surface area contributed by atoms with Gasteiger partial charge in [-0.2, -0.15) is 0 Å². The first kappa shape index (κ1) is 26.5. The Morgan fingerprint density at radius 1 is 0.674 bits per heavy atom. The van der Waals surface area contributed by atoms with Crippen molar-refractivity contribution >= 4 is 52.9 Å². The van der Waals surface area contributed by atoms with Crippen molar-refractivity contribution in [3.63, 3.8) is 0 Å². The number of carboxylic acids is 1. The number of aliphatic carboxylic acids is 1. The topological polar surface area (TPSA) is 84.4 Å². The van der Waals surface area contributed by atoms with Crippen molar-refractivity contribution in [1.29, 1.82) is 0 Å². The second kappa shape index (κ2) is 10.8. The lowest BCUT2D eigenvalue weighted by molar-refractivity contribution is -0.145. The molecule has 0 saturated carbocycles. The van der Waals surface area contributed by atoms with Crippen LogP contribution < -0.4 is 9.80 Å². The molecule has 43 heavy (non-hydrogen) atoms. The SMILES string of the molecule is O=C(O)[C@@H]1[C@H]2CC[C@@H](CN1C(=O)N1c3ccccc3C=Cc3ccccc31)N2C(=O)N(c1ccccc1)c1ccccc1. The Balaban J connectivity index is 1.27. The van der Waals surface area contributed by atoms with E-state index in [2.05, 4.69) is 0 Å². The van der Waals surface area contributed by atoms with Gasteiger partial charge in [0.2, 0.25) is 0 Å². The summed E-state index contributed by atoms with van der Waals surface area (Å²) in [5.41, 5.74) is 4.46. The Kier molecular flexibility index (Phi) is 6.66. The number of amides is 4. The van der Waals surface area contributed by atoms with E-state index in [0.717, 1.165) is 11.1 Å². The lowest BCUT2D eigenvalue weighted by Gasteiger charge is -2.47. The van der Waals surface area contributed by atoms with Crippen LogP contribution in [0.2, 0.25) is 0 Å². The maximum Gasteiger partial charge on any atom is 0.330 e. The van der Waals surface area contributed by atoms with E-state index in [4.69, 9.17) is 0 Å². The molecule has 1 N–H and O–H groups in total. The Morgan fingerprint density at radius 3 is 1.72 bits per heavy atom. The van der Waals surface area contributed by atoms with Crippen molar-refractivity contribution in [3.05, 3.63) is 120 Å². The third-order valence-electron chi connectivity index (χ3n) is 8.58. The quantitative estimate of drug-likeness (QED) is 0.288. The molecule has 3 atom stereocenters. The minimum absolute atomic E-state index is 0.115. The third kappa shape index (κ3) is 4.52. The highest BCUT2D eigenvalue weighted by Gasteiger charge is 2.54. The van der Waals surface area contributed by atoms with Crippen LogP contribution in [0.4, 0.5) is 32.3 Å². The van der Waals surface area contributed by atoms with Crippen LogP contribution >= 0.6 is 0 Å². The number of urea groups is 2. The van der Waals surface area contributed by atoms with Gasteiger partial charge in [-0.05, 0) is 60.4 Å². The number of likely N-dealkylation sites (tertiary alicyclic amines) is 1. The van der Waals surface area contributed by atoms with Crippen LogP contribution in [0.5, 0.6) is 0 Å². The summed E-state index contributed by atoms with van der Waals surface area (Å²) in [6.07, 6.45) is 5.04. The fourth-order valence-electron chi connectivity index (χ4n) is 6.69. The monoisotopic (exact) mass is 570 g/mol. The van der Waals surface area contributed by atoms with Gasteiger partial charge in [-0.1, -0.05) is 84.9 Å². The number of hydrogen-bond acceptors (Lipinski definition) is 3. The molecule has 8 heteroatoms. The first-order valence-electron chi connectivity index (χ1n) is 14.4. The van der Waals surface area contributed by atoms with Gasteiger partial charge in [-0.15, -0.1) is 0 Å². The smallest absolute Gasteiger partial charge is 0.330 e. The summed E-state index contributed by atoms with van der Waals surface area (Å²) in [6.45, 7) is 0.115. The summed E-state index contributed by atoms with van der Waals surface area (Å²) >= 11 is 0. The van der Waals surface area contributed by atoms with Crippen molar-refractivity contribution in [2.75, 3.05) is 16.3 Å². The number of carbonyl (C=O) groups is 3. The molecule has 0 aliphatic carbocycles. The van der Waals surface area contributed by atoms with Crippen molar-refractivity contribution in [2.45, 2.75) is 31.0 Å². The molecule has 2 fully saturated rings. The number of hydrogen-bond donors (Lipinski definition) is 1. The van der Waals surface area contributed by atoms with Crippen LogP contribution in [0.25, 0.3) is 12.2 Å². The minimum Gasteiger partial charge on any atom is -0.480 e. The molecule has 4 amide bonds. The molecule has 214 valence electrons. The van der Waals surface area contributed by atoms with E-state index < -0.39 is 24.1 Å². The van der Waals surface area contributed by atoms with Gasteiger partial charge in [0.05, 0.1) is 34.8 Å². The lowest BCUT2D eigenvalue weighted by Crippen LogP contribution is -2.67. The number of anilines is 4. The number of piperazine rings is 1. The molecule has 8 nitrogen and oxygen atoms in total. The molecule has 3 aliphatic heterocycles. The zero-order valence-electron chi connectivity index (χ0n) is 23.4. The highest BCUT2D eigenvalue weighted by molar-refractivity contribution is 6.07. The van der Waals surface area contributed by atoms with Gasteiger partial charge < -0.3 is 14.9 Å². The van der Waals surface area contributed by atoms with Gasteiger partial charge in [0.1, 0.15) is 0 Å². The van der Waals surface area contributed by atoms with Gasteiger partial charge in [0.25, 0.3) is 0 Å². The van der Waals surface area contributed by atoms with E-state index in [0.29, 0.717) is 35.6 Å². The van der Waals surface area contributed by atoms with Crippen LogP contribution in [0.3, 0.4) is 0 Å². The maximum atomic E-state index is 14.6. The largest absolute Gasteiger partial charge is 0.480 e. The third-order valence-corrected chi connectivity index (χ3v) is 8.58. The second-order valence-corrected chi connectivity index (χ2v) is 11.0. The summed E-state index contributed by atoms with van der Waals surface area (Å²) in [4.78, 5) is 48.4. The van der Waals surface area contributed by atoms with Crippen LogP contribution in [0.1, 0.15) is 24.0 Å². The summed E-state index contributed by atoms with van der Waals surface area (Å²) in [6, 6.07) is 31.0. The standard InChI is InChI=1S/C35H30N4O4/c40-33(41)32-31-22-21-28(38(31)35(43)37(26-13-3-1-4-14-26)27-15-5-2-6-16-27)23-36(32)34(42)39-29-17-9-7-11-24(29)19-20-25-12-8-10-18-30(25)39/h1-20,28,31-32H,21-23H2,(H,40,41)/t28-,31+,32-/m0/s1. The van der Waals surface area contributed by atoms with Crippen LogP contribution in [0.15, 0.2) is 109 Å². The van der Waals surface area contributed by atoms with Crippen LogP contribution in [-0.4, -0.2) is 57.6 Å². The number of nitrogens with zero attached hydrogens (tertiary/aromatic N) is 4. The van der Waals surface area contributed by atoms with E-state index in [-0.39, 0.29) is 18.6 Å². The average Bonchev–Trinajstić information content (AvgIpc) is 3.23. The fraction of sp³-hybridized carbons (Fsp3) is 0.171. The number of carboxylic acid groups (broad SMARTS) is 1. The minimum atomic E-state index is -1.21. The highest BCUT2D eigenvalue weighted by atomic mass is 16.4. The predicted octanol–water partition coefficient (Wildman–Crippen LogP) is 6.99. The van der Waals surface area contributed by atoms with E-state index in [1.807, 2.05) is 121 Å². The normalized spacial score (nSPS) is 20.2. The fourth-order valence-corrected chi connectivity index (χ4v) is 6.69. The maximum absolute atomic E-state index is 14.6. The molecular weight excluding hydrogens is 540 g/mol. The Hall–Kier alpha value is -5.37. The summed E-state index contributed by atoms with van der Waals surface area (Å²) < 4.78 is 0. The Labute approximate surface area is 249 Å². The summed E-state index contributed by atoms with van der Waals surface area (Å²) in [5, 5.41) is 10.6. The molecule has 4 aromatic rings. The van der Waals surface area contributed by atoms with Gasteiger partial charge in [-0.3, -0.25) is 9.80 Å². The van der Waals surface area contributed by atoms with E-state index in [1.165, 1.54) is 4.90 Å². The molecule has 7 rings (SSSR count). The number of rotatable bonds is 3. The number of fused-ring (bicyclic) bond motifs is 4. The molecule has 0 unspecified atom stereocenters. The van der Waals surface area contributed by atoms with Gasteiger partial charge in [0.15, 0.2) is 6.04 Å². The zero-order chi connectivity index (χ0) is 29.5. The van der Waals surface area contributed by atoms with Gasteiger partial charge in [-0.25, -0.2) is 14.4 Å². The zero-order valence-corrected chi connectivity index (χ0v) is 23.4. The molecule has 2 bridgehead atoms. The Morgan fingerprint density at radius 2 is 1.19 bits per heavy atom. The molecule has 3 aliphatic rings. The number of para-hydroxylation sites is 4. The number of carbonyl (C=O) groups excluding carboxylic acids is 2. The first-order valence-corrected chi connectivity index (χ1v) is 14.4. The van der Waals surface area contributed by atoms with E-state index in [9.17, 15) is 19.5 Å². The number of benzene rings is 4. The molecule has 0 radical (unpaired) electrons. The second-order valence-electron chi connectivity index (χ2n) is 11.0. The molecule has 0 aromatic heterocycles. The van der Waals surface area contributed by atoms with Gasteiger partial charge in [0, 0.05) is 6.54 Å². The highest BCUT2D eigenvalue weighted by Crippen LogP contribution is 2.41.